The normalized spacial score (nSPS) is 18.2. The van der Waals surface area contributed by atoms with Crippen LogP contribution in [0.4, 0.5) is 0 Å². The molecule has 8 heteroatoms. The minimum absolute atomic E-state index is 0.149. The number of carbonyl (C=O) groups is 2. The number of rotatable bonds is 9. The maximum atomic E-state index is 13.3. The van der Waals surface area contributed by atoms with Crippen molar-refractivity contribution < 1.29 is 14.3 Å². The SMILES string of the molecule is CC(C)C[C@@H](C#N)NC(=O)[C@@H]1CCCC[C@@H]1NC(=O)c1cc2ccc(OCc3ccccn3)cc2n1C. The lowest BCUT2D eigenvalue weighted by atomic mass is 9.83. The number of ether oxygens (including phenoxy) is 1. The van der Waals surface area contributed by atoms with Crippen LogP contribution in [0.5, 0.6) is 5.75 Å². The van der Waals surface area contributed by atoms with E-state index in [0.717, 1.165) is 35.9 Å². The summed E-state index contributed by atoms with van der Waals surface area (Å²) in [5, 5.41) is 16.4. The van der Waals surface area contributed by atoms with E-state index in [0.29, 0.717) is 36.8 Å². The number of aromatic nitrogens is 2. The van der Waals surface area contributed by atoms with Gasteiger partial charge in [-0.15, -0.1) is 0 Å². The maximum absolute atomic E-state index is 13.3. The predicted octanol–water partition coefficient (Wildman–Crippen LogP) is 4.50. The highest BCUT2D eigenvalue weighted by Crippen LogP contribution is 2.27. The second kappa shape index (κ2) is 11.9. The van der Waals surface area contributed by atoms with Gasteiger partial charge in [-0.1, -0.05) is 32.8 Å². The molecule has 1 aromatic carbocycles. The quantitative estimate of drug-likeness (QED) is 0.449. The molecule has 2 amide bonds. The molecule has 0 spiro atoms. The number of fused-ring (bicyclic) bond motifs is 1. The van der Waals surface area contributed by atoms with Crippen LogP contribution in [0.1, 0.15) is 62.1 Å². The fraction of sp³-hybridized carbons (Fsp3) is 0.448. The Labute approximate surface area is 218 Å². The van der Waals surface area contributed by atoms with Crippen LogP contribution >= 0.6 is 0 Å². The van der Waals surface area contributed by atoms with Crippen molar-refractivity contribution in [1.29, 1.82) is 5.26 Å². The summed E-state index contributed by atoms with van der Waals surface area (Å²) < 4.78 is 7.76. The van der Waals surface area contributed by atoms with Crippen LogP contribution in [0.3, 0.4) is 0 Å². The van der Waals surface area contributed by atoms with E-state index in [4.69, 9.17) is 4.74 Å². The highest BCUT2D eigenvalue weighted by Gasteiger charge is 2.33. The Morgan fingerprint density at radius 3 is 2.73 bits per heavy atom. The number of hydrogen-bond donors (Lipinski definition) is 2. The van der Waals surface area contributed by atoms with Gasteiger partial charge in [0.15, 0.2) is 0 Å². The number of nitriles is 1. The molecule has 1 saturated carbocycles. The van der Waals surface area contributed by atoms with E-state index in [1.807, 2.05) is 67.9 Å². The van der Waals surface area contributed by atoms with E-state index in [1.165, 1.54) is 0 Å². The van der Waals surface area contributed by atoms with Crippen molar-refractivity contribution >= 4 is 22.7 Å². The van der Waals surface area contributed by atoms with Gasteiger partial charge in [0.05, 0.1) is 23.2 Å². The fourth-order valence-corrected chi connectivity index (χ4v) is 5.01. The van der Waals surface area contributed by atoms with Crippen molar-refractivity contribution in [2.45, 2.75) is 64.6 Å². The first-order chi connectivity index (χ1) is 17.9. The molecule has 0 aliphatic heterocycles. The largest absolute Gasteiger partial charge is 0.487 e. The van der Waals surface area contributed by atoms with Crippen LogP contribution in [0.15, 0.2) is 48.7 Å². The maximum Gasteiger partial charge on any atom is 0.268 e. The number of pyridine rings is 1. The first-order valence-corrected chi connectivity index (χ1v) is 13.0. The van der Waals surface area contributed by atoms with E-state index >= 15 is 0 Å². The number of carbonyl (C=O) groups excluding carboxylic acids is 2. The van der Waals surface area contributed by atoms with Gasteiger partial charge >= 0.3 is 0 Å². The topological polar surface area (TPSA) is 109 Å². The van der Waals surface area contributed by atoms with Crippen molar-refractivity contribution in [1.82, 2.24) is 20.2 Å². The molecule has 3 aromatic rings. The lowest BCUT2D eigenvalue weighted by Gasteiger charge is -2.32. The van der Waals surface area contributed by atoms with E-state index in [2.05, 4.69) is 21.7 Å². The highest BCUT2D eigenvalue weighted by atomic mass is 16.5. The summed E-state index contributed by atoms with van der Waals surface area (Å²) in [5.74, 6) is 0.298. The average Bonchev–Trinajstić information content (AvgIpc) is 3.23. The van der Waals surface area contributed by atoms with Crippen LogP contribution in [0.25, 0.3) is 10.9 Å². The van der Waals surface area contributed by atoms with Crippen LogP contribution in [-0.4, -0.2) is 33.4 Å². The van der Waals surface area contributed by atoms with Gasteiger partial charge in [-0.05, 0) is 55.5 Å². The fourth-order valence-electron chi connectivity index (χ4n) is 5.01. The van der Waals surface area contributed by atoms with Gasteiger partial charge in [-0.2, -0.15) is 5.26 Å². The molecule has 0 radical (unpaired) electrons. The zero-order valence-electron chi connectivity index (χ0n) is 21.7. The second-order valence-corrected chi connectivity index (χ2v) is 10.2. The minimum atomic E-state index is -0.516. The third-order valence-electron chi connectivity index (χ3n) is 6.96. The van der Waals surface area contributed by atoms with Gasteiger partial charge in [0.25, 0.3) is 5.91 Å². The molecule has 3 atom stereocenters. The molecule has 0 saturated heterocycles. The van der Waals surface area contributed by atoms with Crippen molar-refractivity contribution in [3.63, 3.8) is 0 Å². The predicted molar refractivity (Wildman–Crippen MR) is 142 cm³/mol. The van der Waals surface area contributed by atoms with Gasteiger partial charge in [0.1, 0.15) is 24.1 Å². The number of nitrogens with one attached hydrogen (secondary N) is 2. The summed E-state index contributed by atoms with van der Waals surface area (Å²) in [5.41, 5.74) is 2.24. The summed E-state index contributed by atoms with van der Waals surface area (Å²) in [6, 6.07) is 14.7. The summed E-state index contributed by atoms with van der Waals surface area (Å²) in [4.78, 5) is 30.7. The molecule has 4 rings (SSSR count). The molecule has 1 aliphatic rings. The van der Waals surface area contributed by atoms with E-state index < -0.39 is 6.04 Å². The Bertz CT molecular complexity index is 1280. The molecule has 194 valence electrons. The van der Waals surface area contributed by atoms with Gasteiger partial charge in [-0.3, -0.25) is 14.6 Å². The third-order valence-corrected chi connectivity index (χ3v) is 6.96. The zero-order valence-corrected chi connectivity index (χ0v) is 21.7. The van der Waals surface area contributed by atoms with Crippen molar-refractivity contribution in [2.24, 2.45) is 18.9 Å². The smallest absolute Gasteiger partial charge is 0.268 e. The van der Waals surface area contributed by atoms with Gasteiger partial charge < -0.3 is 19.9 Å². The Morgan fingerprint density at radius 2 is 2.00 bits per heavy atom. The molecular formula is C29H35N5O3. The summed E-state index contributed by atoms with van der Waals surface area (Å²) in [6.07, 6.45) is 5.66. The molecule has 0 bridgehead atoms. The minimum Gasteiger partial charge on any atom is -0.487 e. The molecule has 37 heavy (non-hydrogen) atoms. The van der Waals surface area contributed by atoms with Crippen LogP contribution in [0.2, 0.25) is 0 Å². The van der Waals surface area contributed by atoms with E-state index in [-0.39, 0.29) is 23.8 Å². The Kier molecular flexibility index (Phi) is 8.44. The van der Waals surface area contributed by atoms with Crippen LogP contribution in [0, 0.1) is 23.2 Å². The van der Waals surface area contributed by atoms with E-state index in [1.54, 1.807) is 6.20 Å². The highest BCUT2D eigenvalue weighted by molar-refractivity contribution is 5.99. The number of hydrogen-bond acceptors (Lipinski definition) is 5. The Balaban J connectivity index is 1.45. The third kappa shape index (κ3) is 6.48. The van der Waals surface area contributed by atoms with Crippen molar-refractivity contribution in [2.75, 3.05) is 0 Å². The molecule has 2 aromatic heterocycles. The standard InChI is InChI=1S/C29H35N5O3/c1-19(2)14-22(17-30)32-28(35)24-9-4-5-10-25(24)33-29(36)27-15-20-11-12-23(16-26(20)34(27)3)37-18-21-8-6-7-13-31-21/h6-8,11-13,15-16,19,22,24-25H,4-5,9-10,14,18H2,1-3H3,(H,32,35)(H,33,36)/t22-,24+,25-/m0/s1. The summed E-state index contributed by atoms with van der Waals surface area (Å²) in [7, 11) is 1.86. The monoisotopic (exact) mass is 501 g/mol. The molecule has 1 aliphatic carbocycles. The van der Waals surface area contributed by atoms with Gasteiger partial charge in [0, 0.05) is 30.7 Å². The number of amides is 2. The zero-order chi connectivity index (χ0) is 26.4. The van der Waals surface area contributed by atoms with Crippen molar-refractivity contribution in [3.8, 4) is 11.8 Å². The molecular weight excluding hydrogens is 466 g/mol. The number of nitrogens with zero attached hydrogens (tertiary/aromatic N) is 3. The lowest BCUT2D eigenvalue weighted by molar-refractivity contribution is -0.127. The first kappa shape index (κ1) is 26.2. The Morgan fingerprint density at radius 1 is 1.19 bits per heavy atom. The molecule has 2 heterocycles. The van der Waals surface area contributed by atoms with Crippen molar-refractivity contribution in [3.05, 3.63) is 60.0 Å². The summed E-state index contributed by atoms with van der Waals surface area (Å²) >= 11 is 0. The van der Waals surface area contributed by atoms with Gasteiger partial charge in [-0.25, -0.2) is 0 Å². The summed E-state index contributed by atoms with van der Waals surface area (Å²) in [6.45, 7) is 4.41. The first-order valence-electron chi connectivity index (χ1n) is 13.0. The number of benzene rings is 1. The molecule has 1 fully saturated rings. The van der Waals surface area contributed by atoms with E-state index in [9.17, 15) is 14.9 Å². The van der Waals surface area contributed by atoms with Crippen LogP contribution in [-0.2, 0) is 18.4 Å². The molecule has 8 nitrogen and oxygen atoms in total. The number of aryl methyl sites for hydroxylation is 1. The van der Waals surface area contributed by atoms with Gasteiger partial charge in [0.2, 0.25) is 5.91 Å². The lowest BCUT2D eigenvalue weighted by Crippen LogP contribution is -2.50. The van der Waals surface area contributed by atoms with Crippen LogP contribution < -0.4 is 15.4 Å². The second-order valence-electron chi connectivity index (χ2n) is 10.2. The average molecular weight is 502 g/mol. The molecule has 2 N–H and O–H groups in total. The molecule has 0 unspecified atom stereocenters. The Hall–Kier alpha value is -3.86.